The molecule has 3 aromatic rings. The van der Waals surface area contributed by atoms with Gasteiger partial charge >= 0.3 is 0 Å². The molecule has 0 fully saturated rings. The number of halogens is 3. The number of hydrogen-bond donors (Lipinski definition) is 2. The Bertz CT molecular complexity index is 1070. The summed E-state index contributed by atoms with van der Waals surface area (Å²) in [5.41, 5.74) is 2.81. The number of carbonyl (C=O) groups is 1. The van der Waals surface area contributed by atoms with E-state index in [4.69, 9.17) is 0 Å². The number of aromatic nitrogens is 2. The van der Waals surface area contributed by atoms with Crippen LogP contribution in [0.15, 0.2) is 36.4 Å². The summed E-state index contributed by atoms with van der Waals surface area (Å²) < 4.78 is 40.2. The van der Waals surface area contributed by atoms with Crippen LogP contribution in [0.2, 0.25) is 0 Å². The van der Waals surface area contributed by atoms with Crippen LogP contribution in [0.4, 0.5) is 30.5 Å². The van der Waals surface area contributed by atoms with Crippen molar-refractivity contribution >= 4 is 23.2 Å². The number of nitrogens with zero attached hydrogens (tertiary/aromatic N) is 2. The zero-order valence-corrected chi connectivity index (χ0v) is 15.4. The smallest absolute Gasteiger partial charge is 0.274 e. The number of aryl methyl sites for hydroxylation is 3. The Morgan fingerprint density at radius 3 is 2.32 bits per heavy atom. The van der Waals surface area contributed by atoms with Gasteiger partial charge in [-0.25, -0.2) is 23.1 Å². The molecule has 3 rings (SSSR count). The lowest BCUT2D eigenvalue weighted by Crippen LogP contribution is -2.17. The first-order chi connectivity index (χ1) is 13.2. The van der Waals surface area contributed by atoms with E-state index in [0.717, 1.165) is 28.9 Å². The van der Waals surface area contributed by atoms with Crippen LogP contribution in [0.5, 0.6) is 0 Å². The maximum absolute atomic E-state index is 13.8. The molecule has 0 atom stereocenters. The van der Waals surface area contributed by atoms with E-state index in [2.05, 4.69) is 20.6 Å². The highest BCUT2D eigenvalue weighted by atomic mass is 19.2. The minimum absolute atomic E-state index is 0.0519. The van der Waals surface area contributed by atoms with Crippen molar-refractivity contribution in [2.45, 2.75) is 20.8 Å². The third kappa shape index (κ3) is 4.11. The molecule has 0 saturated carbocycles. The minimum Gasteiger partial charge on any atom is -0.324 e. The fraction of sp³-hybridized carbons (Fsp3) is 0.150. The van der Waals surface area contributed by atoms with E-state index < -0.39 is 29.0 Å². The van der Waals surface area contributed by atoms with Crippen LogP contribution in [-0.4, -0.2) is 15.9 Å². The molecular formula is C20H17F3N4O. The van der Waals surface area contributed by atoms with Gasteiger partial charge in [-0.2, -0.15) is 0 Å². The highest BCUT2D eigenvalue weighted by molar-refractivity contribution is 6.03. The Balaban J connectivity index is 1.86. The highest BCUT2D eigenvalue weighted by Crippen LogP contribution is 2.22. The molecule has 0 aliphatic carbocycles. The topological polar surface area (TPSA) is 66.9 Å². The fourth-order valence-corrected chi connectivity index (χ4v) is 2.62. The van der Waals surface area contributed by atoms with Gasteiger partial charge in [0.05, 0.1) is 5.69 Å². The second kappa shape index (κ2) is 7.67. The molecule has 0 unspecified atom stereocenters. The summed E-state index contributed by atoms with van der Waals surface area (Å²) in [4.78, 5) is 20.8. The van der Waals surface area contributed by atoms with Crippen LogP contribution in [-0.2, 0) is 0 Å². The van der Waals surface area contributed by atoms with E-state index in [1.165, 1.54) is 6.07 Å². The van der Waals surface area contributed by atoms with E-state index >= 15 is 0 Å². The SMILES string of the molecule is Cc1ccc(Nc2nc(C)cc(C(=O)Nc3ccc(F)c(F)c3F)n2)c(C)c1. The number of amides is 1. The van der Waals surface area contributed by atoms with Crippen LogP contribution in [0.1, 0.15) is 27.3 Å². The predicted octanol–water partition coefficient (Wildman–Crippen LogP) is 4.82. The summed E-state index contributed by atoms with van der Waals surface area (Å²) in [5, 5.41) is 5.23. The second-order valence-corrected chi connectivity index (χ2v) is 6.34. The van der Waals surface area contributed by atoms with E-state index in [1.54, 1.807) is 6.92 Å². The van der Waals surface area contributed by atoms with Crippen LogP contribution < -0.4 is 10.6 Å². The van der Waals surface area contributed by atoms with Gasteiger partial charge in [-0.15, -0.1) is 0 Å². The van der Waals surface area contributed by atoms with Gasteiger partial charge in [0.15, 0.2) is 17.5 Å². The minimum atomic E-state index is -1.66. The maximum Gasteiger partial charge on any atom is 0.274 e. The first kappa shape index (κ1) is 19.3. The lowest BCUT2D eigenvalue weighted by atomic mass is 10.1. The standard InChI is InChI=1S/C20H17F3N4O/c1-10-4-6-14(11(2)8-10)26-20-24-12(3)9-16(27-20)19(28)25-15-7-5-13(21)17(22)18(15)23/h4-9H,1-3H3,(H,25,28)(H,24,26,27). The Kier molecular flexibility index (Phi) is 5.30. The molecule has 0 aliphatic heterocycles. The van der Waals surface area contributed by atoms with Crippen LogP contribution in [0.3, 0.4) is 0 Å². The third-order valence-corrected chi connectivity index (χ3v) is 4.00. The van der Waals surface area contributed by atoms with Crippen molar-refractivity contribution in [1.82, 2.24) is 9.97 Å². The van der Waals surface area contributed by atoms with Crippen molar-refractivity contribution in [3.8, 4) is 0 Å². The Hall–Kier alpha value is -3.42. The molecule has 0 aliphatic rings. The van der Waals surface area contributed by atoms with Crippen molar-refractivity contribution < 1.29 is 18.0 Å². The summed E-state index contributed by atoms with van der Waals surface area (Å²) in [6, 6.07) is 8.84. The highest BCUT2D eigenvalue weighted by Gasteiger charge is 2.17. The summed E-state index contributed by atoms with van der Waals surface area (Å²) in [7, 11) is 0. The Labute approximate surface area is 159 Å². The number of rotatable bonds is 4. The fourth-order valence-electron chi connectivity index (χ4n) is 2.62. The maximum atomic E-state index is 13.8. The van der Waals surface area contributed by atoms with Crippen molar-refractivity contribution in [2.24, 2.45) is 0 Å². The monoisotopic (exact) mass is 386 g/mol. The molecule has 1 amide bonds. The molecule has 1 heterocycles. The normalized spacial score (nSPS) is 10.6. The van der Waals surface area contributed by atoms with E-state index in [1.807, 2.05) is 32.0 Å². The van der Waals surface area contributed by atoms with Crippen molar-refractivity contribution in [3.05, 3.63) is 76.4 Å². The number of anilines is 3. The van der Waals surface area contributed by atoms with Crippen LogP contribution in [0, 0.1) is 38.2 Å². The quantitative estimate of drug-likeness (QED) is 0.631. The van der Waals surface area contributed by atoms with Crippen LogP contribution >= 0.6 is 0 Å². The van der Waals surface area contributed by atoms with Gasteiger partial charge in [-0.05, 0) is 50.6 Å². The first-order valence-corrected chi connectivity index (χ1v) is 8.39. The van der Waals surface area contributed by atoms with E-state index in [-0.39, 0.29) is 11.6 Å². The zero-order chi connectivity index (χ0) is 20.4. The van der Waals surface area contributed by atoms with Gasteiger partial charge < -0.3 is 10.6 Å². The lowest BCUT2D eigenvalue weighted by Gasteiger charge is -2.11. The number of hydrogen-bond acceptors (Lipinski definition) is 4. The third-order valence-electron chi connectivity index (χ3n) is 4.00. The average Bonchev–Trinajstić information content (AvgIpc) is 2.64. The largest absolute Gasteiger partial charge is 0.324 e. The van der Waals surface area contributed by atoms with Crippen LogP contribution in [0.25, 0.3) is 0 Å². The van der Waals surface area contributed by atoms with Crippen molar-refractivity contribution in [2.75, 3.05) is 10.6 Å². The molecule has 2 N–H and O–H groups in total. The van der Waals surface area contributed by atoms with Gasteiger partial charge in [0.25, 0.3) is 5.91 Å². The van der Waals surface area contributed by atoms with Crippen molar-refractivity contribution in [3.63, 3.8) is 0 Å². The van der Waals surface area contributed by atoms with Gasteiger partial charge in [0.2, 0.25) is 5.95 Å². The molecule has 0 bridgehead atoms. The first-order valence-electron chi connectivity index (χ1n) is 8.39. The second-order valence-electron chi connectivity index (χ2n) is 6.34. The molecule has 5 nitrogen and oxygen atoms in total. The Morgan fingerprint density at radius 2 is 1.61 bits per heavy atom. The number of nitrogens with one attached hydrogen (secondary N) is 2. The summed E-state index contributed by atoms with van der Waals surface area (Å²) in [6.45, 7) is 5.56. The predicted molar refractivity (Wildman–Crippen MR) is 100 cm³/mol. The molecule has 144 valence electrons. The molecule has 0 spiro atoms. The average molecular weight is 386 g/mol. The summed E-state index contributed by atoms with van der Waals surface area (Å²) >= 11 is 0. The molecule has 1 aromatic heterocycles. The summed E-state index contributed by atoms with van der Waals surface area (Å²) in [6.07, 6.45) is 0. The Morgan fingerprint density at radius 1 is 0.893 bits per heavy atom. The molecule has 0 radical (unpaired) electrons. The molecule has 8 heteroatoms. The van der Waals surface area contributed by atoms with E-state index in [9.17, 15) is 18.0 Å². The van der Waals surface area contributed by atoms with Gasteiger partial charge in [0.1, 0.15) is 5.69 Å². The molecule has 28 heavy (non-hydrogen) atoms. The molecule has 0 saturated heterocycles. The van der Waals surface area contributed by atoms with E-state index in [0.29, 0.717) is 5.69 Å². The van der Waals surface area contributed by atoms with Crippen molar-refractivity contribution in [1.29, 1.82) is 0 Å². The molecule has 2 aromatic carbocycles. The lowest BCUT2D eigenvalue weighted by molar-refractivity contribution is 0.102. The number of benzene rings is 2. The van der Waals surface area contributed by atoms with Gasteiger partial charge in [0, 0.05) is 11.4 Å². The zero-order valence-electron chi connectivity index (χ0n) is 15.4. The number of carbonyl (C=O) groups excluding carboxylic acids is 1. The summed E-state index contributed by atoms with van der Waals surface area (Å²) in [5.74, 6) is -5.07. The van der Waals surface area contributed by atoms with Gasteiger partial charge in [-0.1, -0.05) is 17.7 Å². The van der Waals surface area contributed by atoms with Gasteiger partial charge in [-0.3, -0.25) is 4.79 Å². The molecular weight excluding hydrogens is 369 g/mol.